The van der Waals surface area contributed by atoms with E-state index in [2.05, 4.69) is 9.97 Å². The lowest BCUT2D eigenvalue weighted by Gasteiger charge is -2.16. The number of rotatable bonds is 3. The zero-order valence-electron chi connectivity index (χ0n) is 11.3. The Morgan fingerprint density at radius 1 is 1.14 bits per heavy atom. The highest BCUT2D eigenvalue weighted by atomic mass is 19.1. The minimum atomic E-state index is -1.10. The van der Waals surface area contributed by atoms with Crippen molar-refractivity contribution in [2.45, 2.75) is 12.8 Å². The highest BCUT2D eigenvalue weighted by Crippen LogP contribution is 2.23. The summed E-state index contributed by atoms with van der Waals surface area (Å²) in [6.07, 6.45) is 2.10. The molecule has 0 atom stereocenters. The standard InChI is InChI=1S/C15H14FN3O2/c16-11-5-3-10(4-6-11)12-9-13(14(20)21)18-15(17-12)19-7-1-2-8-19/h3-6,9H,1-2,7-8H2,(H,20,21). The topological polar surface area (TPSA) is 66.3 Å². The highest BCUT2D eigenvalue weighted by Gasteiger charge is 2.19. The molecule has 1 N–H and O–H groups in total. The Morgan fingerprint density at radius 3 is 2.43 bits per heavy atom. The highest BCUT2D eigenvalue weighted by molar-refractivity contribution is 5.87. The molecule has 1 aromatic carbocycles. The SMILES string of the molecule is O=C(O)c1cc(-c2ccc(F)cc2)nc(N2CCCC2)n1. The molecule has 3 rings (SSSR count). The number of carbonyl (C=O) groups is 1. The van der Waals surface area contributed by atoms with Gasteiger partial charge in [0, 0.05) is 18.7 Å². The molecule has 1 aliphatic heterocycles. The van der Waals surface area contributed by atoms with Crippen molar-refractivity contribution in [3.63, 3.8) is 0 Å². The molecule has 1 aromatic heterocycles. The second kappa shape index (κ2) is 5.47. The van der Waals surface area contributed by atoms with E-state index in [1.54, 1.807) is 12.1 Å². The van der Waals surface area contributed by atoms with Gasteiger partial charge in [0.2, 0.25) is 5.95 Å². The lowest BCUT2D eigenvalue weighted by molar-refractivity contribution is 0.0690. The van der Waals surface area contributed by atoms with Crippen molar-refractivity contribution in [2.75, 3.05) is 18.0 Å². The average molecular weight is 287 g/mol. The Labute approximate surface area is 121 Å². The van der Waals surface area contributed by atoms with Crippen LogP contribution in [-0.4, -0.2) is 34.1 Å². The average Bonchev–Trinajstić information content (AvgIpc) is 3.02. The molecule has 0 bridgehead atoms. The smallest absolute Gasteiger partial charge is 0.354 e. The van der Waals surface area contributed by atoms with E-state index in [1.807, 2.05) is 4.90 Å². The molecule has 1 fully saturated rings. The van der Waals surface area contributed by atoms with Crippen molar-refractivity contribution in [1.29, 1.82) is 0 Å². The molecule has 0 unspecified atom stereocenters. The van der Waals surface area contributed by atoms with E-state index in [0.29, 0.717) is 17.2 Å². The van der Waals surface area contributed by atoms with Crippen LogP contribution in [0.1, 0.15) is 23.3 Å². The van der Waals surface area contributed by atoms with Gasteiger partial charge >= 0.3 is 5.97 Å². The van der Waals surface area contributed by atoms with Gasteiger partial charge in [0.05, 0.1) is 5.69 Å². The molecule has 0 aliphatic carbocycles. The summed E-state index contributed by atoms with van der Waals surface area (Å²) in [5, 5.41) is 9.20. The van der Waals surface area contributed by atoms with Gasteiger partial charge < -0.3 is 10.0 Å². The number of benzene rings is 1. The summed E-state index contributed by atoms with van der Waals surface area (Å²) < 4.78 is 13.0. The minimum Gasteiger partial charge on any atom is -0.477 e. The fraction of sp³-hybridized carbons (Fsp3) is 0.267. The van der Waals surface area contributed by atoms with Gasteiger partial charge in [-0.05, 0) is 43.2 Å². The third-order valence-corrected chi connectivity index (χ3v) is 3.46. The Morgan fingerprint density at radius 2 is 1.81 bits per heavy atom. The van der Waals surface area contributed by atoms with E-state index in [0.717, 1.165) is 25.9 Å². The van der Waals surface area contributed by atoms with Crippen LogP contribution in [0.3, 0.4) is 0 Å². The number of hydrogen-bond acceptors (Lipinski definition) is 4. The van der Waals surface area contributed by atoms with Crippen LogP contribution in [0.5, 0.6) is 0 Å². The predicted octanol–water partition coefficient (Wildman–Crippen LogP) is 2.58. The lowest BCUT2D eigenvalue weighted by Crippen LogP contribution is -2.21. The van der Waals surface area contributed by atoms with Gasteiger partial charge in [0.25, 0.3) is 0 Å². The molecule has 1 saturated heterocycles. The zero-order valence-corrected chi connectivity index (χ0v) is 11.3. The molecule has 6 heteroatoms. The van der Waals surface area contributed by atoms with Gasteiger partial charge in [-0.25, -0.2) is 19.2 Å². The first-order chi connectivity index (χ1) is 10.1. The van der Waals surface area contributed by atoms with Gasteiger partial charge in [-0.1, -0.05) is 0 Å². The van der Waals surface area contributed by atoms with Crippen LogP contribution in [0.15, 0.2) is 30.3 Å². The van der Waals surface area contributed by atoms with Crippen LogP contribution >= 0.6 is 0 Å². The van der Waals surface area contributed by atoms with Crippen molar-refractivity contribution < 1.29 is 14.3 Å². The van der Waals surface area contributed by atoms with Crippen molar-refractivity contribution in [3.8, 4) is 11.3 Å². The van der Waals surface area contributed by atoms with Gasteiger partial charge in [-0.15, -0.1) is 0 Å². The van der Waals surface area contributed by atoms with Crippen LogP contribution in [0, 0.1) is 5.82 Å². The van der Waals surface area contributed by atoms with E-state index in [1.165, 1.54) is 18.2 Å². The van der Waals surface area contributed by atoms with Crippen molar-refractivity contribution in [3.05, 3.63) is 41.8 Å². The predicted molar refractivity (Wildman–Crippen MR) is 75.8 cm³/mol. The fourth-order valence-electron chi connectivity index (χ4n) is 2.37. The number of carboxylic acid groups (broad SMARTS) is 1. The Balaban J connectivity index is 2.06. The molecule has 0 saturated carbocycles. The molecule has 0 amide bonds. The van der Waals surface area contributed by atoms with Gasteiger partial charge in [-0.2, -0.15) is 0 Å². The number of aromatic nitrogens is 2. The summed E-state index contributed by atoms with van der Waals surface area (Å²) in [6.45, 7) is 1.65. The van der Waals surface area contributed by atoms with Crippen LogP contribution in [0.4, 0.5) is 10.3 Å². The third-order valence-electron chi connectivity index (χ3n) is 3.46. The molecule has 2 heterocycles. The van der Waals surface area contributed by atoms with E-state index >= 15 is 0 Å². The summed E-state index contributed by atoms with van der Waals surface area (Å²) in [4.78, 5) is 21.7. The van der Waals surface area contributed by atoms with E-state index in [9.17, 15) is 14.3 Å². The molecular formula is C15H14FN3O2. The fourth-order valence-corrected chi connectivity index (χ4v) is 2.37. The van der Waals surface area contributed by atoms with Gasteiger partial charge in [-0.3, -0.25) is 0 Å². The number of anilines is 1. The Bertz CT molecular complexity index is 667. The maximum absolute atomic E-state index is 13.0. The summed E-state index contributed by atoms with van der Waals surface area (Å²) >= 11 is 0. The molecule has 1 aliphatic rings. The molecular weight excluding hydrogens is 273 g/mol. The largest absolute Gasteiger partial charge is 0.477 e. The number of hydrogen-bond donors (Lipinski definition) is 1. The summed E-state index contributed by atoms with van der Waals surface area (Å²) in [7, 11) is 0. The number of halogens is 1. The normalized spacial score (nSPS) is 14.4. The molecule has 5 nitrogen and oxygen atoms in total. The van der Waals surface area contributed by atoms with E-state index < -0.39 is 5.97 Å². The minimum absolute atomic E-state index is 0.0498. The third kappa shape index (κ3) is 2.84. The molecule has 2 aromatic rings. The second-order valence-electron chi connectivity index (χ2n) is 4.94. The monoisotopic (exact) mass is 287 g/mol. The summed E-state index contributed by atoms with van der Waals surface area (Å²) in [6, 6.07) is 7.23. The maximum atomic E-state index is 13.0. The molecule has 0 spiro atoms. The van der Waals surface area contributed by atoms with Crippen LogP contribution in [0.25, 0.3) is 11.3 Å². The molecule has 21 heavy (non-hydrogen) atoms. The maximum Gasteiger partial charge on any atom is 0.354 e. The second-order valence-corrected chi connectivity index (χ2v) is 4.94. The van der Waals surface area contributed by atoms with Crippen molar-refractivity contribution in [1.82, 2.24) is 9.97 Å². The van der Waals surface area contributed by atoms with Crippen LogP contribution < -0.4 is 4.90 Å². The zero-order chi connectivity index (χ0) is 14.8. The molecule has 0 radical (unpaired) electrons. The first kappa shape index (κ1) is 13.5. The van der Waals surface area contributed by atoms with E-state index in [4.69, 9.17) is 0 Å². The van der Waals surface area contributed by atoms with Crippen molar-refractivity contribution in [2.24, 2.45) is 0 Å². The molecule has 108 valence electrons. The number of carboxylic acids is 1. The quantitative estimate of drug-likeness (QED) is 0.939. The van der Waals surface area contributed by atoms with Crippen molar-refractivity contribution >= 4 is 11.9 Å². The Hall–Kier alpha value is -2.50. The first-order valence-electron chi connectivity index (χ1n) is 6.77. The Kier molecular flexibility index (Phi) is 3.51. The van der Waals surface area contributed by atoms with Crippen LogP contribution in [-0.2, 0) is 0 Å². The number of nitrogens with zero attached hydrogens (tertiary/aromatic N) is 3. The van der Waals surface area contributed by atoms with Gasteiger partial charge in [0.1, 0.15) is 5.82 Å². The first-order valence-corrected chi connectivity index (χ1v) is 6.77. The van der Waals surface area contributed by atoms with Crippen LogP contribution in [0.2, 0.25) is 0 Å². The van der Waals surface area contributed by atoms with Gasteiger partial charge in [0.15, 0.2) is 5.69 Å². The number of aromatic carboxylic acids is 1. The summed E-state index contributed by atoms with van der Waals surface area (Å²) in [5.41, 5.74) is 1.11. The lowest BCUT2D eigenvalue weighted by atomic mass is 10.1. The van der Waals surface area contributed by atoms with E-state index in [-0.39, 0.29) is 11.5 Å². The summed E-state index contributed by atoms with van der Waals surface area (Å²) in [5.74, 6) is -1.01.